The summed E-state index contributed by atoms with van der Waals surface area (Å²) in [4.78, 5) is 45.5. The summed E-state index contributed by atoms with van der Waals surface area (Å²) in [6.45, 7) is 6.34. The number of hydrogen-bond acceptors (Lipinski definition) is 6. The molecular weight excluding hydrogens is 482 g/mol. The summed E-state index contributed by atoms with van der Waals surface area (Å²) < 4.78 is 11.3. The van der Waals surface area contributed by atoms with Crippen molar-refractivity contribution in [2.45, 2.75) is 57.3 Å². The van der Waals surface area contributed by atoms with E-state index >= 15 is 0 Å². The number of carbonyl (C=O) groups is 3. The summed E-state index contributed by atoms with van der Waals surface area (Å²) >= 11 is 0. The van der Waals surface area contributed by atoms with Gasteiger partial charge in [-0.15, -0.1) is 0 Å². The number of nitrogens with zero attached hydrogens (tertiary/aromatic N) is 3. The van der Waals surface area contributed by atoms with Crippen molar-refractivity contribution in [3.8, 4) is 0 Å². The molecule has 2 aliphatic heterocycles. The van der Waals surface area contributed by atoms with Crippen LogP contribution in [0.4, 0.5) is 4.79 Å². The van der Waals surface area contributed by atoms with Gasteiger partial charge in [-0.2, -0.15) is 0 Å². The van der Waals surface area contributed by atoms with Gasteiger partial charge in [0.2, 0.25) is 11.5 Å². The fraction of sp³-hybridized carbons (Fsp3) is 0.500. The molecular formula is C30H35N3O5. The fourth-order valence-electron chi connectivity index (χ4n) is 6.12. The fourth-order valence-corrected chi connectivity index (χ4v) is 6.12. The Balaban J connectivity index is 1.18. The maximum atomic E-state index is 13.7. The first-order valence-corrected chi connectivity index (χ1v) is 13.8. The Labute approximate surface area is 223 Å². The van der Waals surface area contributed by atoms with Crippen LogP contribution in [-0.2, 0) is 44.2 Å². The average Bonchev–Trinajstić information content (AvgIpc) is 3.69. The van der Waals surface area contributed by atoms with Gasteiger partial charge < -0.3 is 14.4 Å². The predicted molar refractivity (Wildman–Crippen MR) is 140 cm³/mol. The van der Waals surface area contributed by atoms with Gasteiger partial charge in [0.1, 0.15) is 6.54 Å². The van der Waals surface area contributed by atoms with E-state index in [0.717, 1.165) is 67.3 Å². The van der Waals surface area contributed by atoms with E-state index in [1.807, 2.05) is 47.4 Å². The molecule has 6 rings (SSSR count). The standard InChI is InChI=1S/C30H35N3O5/c1-21(24-8-9-24)32(19-22-5-3-2-4-6-22)27(34)20-33-28(35)30(38-29(33)36)12-11-25-17-23(7-10-26(25)30)18-31-13-15-37-16-14-31/h2-7,10,17,21,24H,8-9,11-16,18-20H2,1H3/t21-,30?/m0/s1. The van der Waals surface area contributed by atoms with Crippen LogP contribution in [-0.4, -0.2) is 71.5 Å². The highest BCUT2D eigenvalue weighted by Crippen LogP contribution is 2.45. The highest BCUT2D eigenvalue weighted by Gasteiger charge is 2.58. The van der Waals surface area contributed by atoms with Crippen molar-refractivity contribution in [2.75, 3.05) is 32.8 Å². The molecule has 1 spiro atoms. The van der Waals surface area contributed by atoms with Gasteiger partial charge in [-0.3, -0.25) is 14.5 Å². The van der Waals surface area contributed by atoms with E-state index in [2.05, 4.69) is 17.9 Å². The molecule has 38 heavy (non-hydrogen) atoms. The van der Waals surface area contributed by atoms with Crippen molar-refractivity contribution in [1.29, 1.82) is 0 Å². The summed E-state index contributed by atoms with van der Waals surface area (Å²) in [5.74, 6) is -0.187. The Morgan fingerprint density at radius 1 is 1.08 bits per heavy atom. The third-order valence-electron chi connectivity index (χ3n) is 8.54. The molecule has 2 aromatic rings. The summed E-state index contributed by atoms with van der Waals surface area (Å²) in [5.41, 5.74) is 2.67. The van der Waals surface area contributed by atoms with Crippen molar-refractivity contribution < 1.29 is 23.9 Å². The van der Waals surface area contributed by atoms with Crippen LogP contribution < -0.4 is 0 Å². The molecule has 200 valence electrons. The lowest BCUT2D eigenvalue weighted by Gasteiger charge is -2.30. The van der Waals surface area contributed by atoms with Crippen molar-refractivity contribution in [3.63, 3.8) is 0 Å². The highest BCUT2D eigenvalue weighted by molar-refractivity contribution is 6.06. The van der Waals surface area contributed by atoms with E-state index in [9.17, 15) is 14.4 Å². The Morgan fingerprint density at radius 3 is 2.58 bits per heavy atom. The van der Waals surface area contributed by atoms with Crippen molar-refractivity contribution in [1.82, 2.24) is 14.7 Å². The smallest absolute Gasteiger partial charge is 0.418 e. The van der Waals surface area contributed by atoms with E-state index in [1.54, 1.807) is 0 Å². The van der Waals surface area contributed by atoms with Gasteiger partial charge in [-0.25, -0.2) is 9.69 Å². The van der Waals surface area contributed by atoms with Gasteiger partial charge in [-0.1, -0.05) is 48.5 Å². The second-order valence-electron chi connectivity index (χ2n) is 11.1. The quantitative estimate of drug-likeness (QED) is 0.534. The van der Waals surface area contributed by atoms with Crippen LogP contribution in [0.25, 0.3) is 0 Å². The molecule has 8 heteroatoms. The van der Waals surface area contributed by atoms with Crippen molar-refractivity contribution >= 4 is 17.9 Å². The van der Waals surface area contributed by atoms with Gasteiger partial charge >= 0.3 is 6.09 Å². The van der Waals surface area contributed by atoms with E-state index in [1.165, 1.54) is 5.56 Å². The van der Waals surface area contributed by atoms with E-state index in [-0.39, 0.29) is 18.5 Å². The number of hydrogen-bond donors (Lipinski definition) is 0. The number of morpholine rings is 1. The van der Waals surface area contributed by atoms with Gasteiger partial charge in [0.05, 0.1) is 13.2 Å². The zero-order chi connectivity index (χ0) is 26.3. The van der Waals surface area contributed by atoms with E-state index < -0.39 is 17.6 Å². The molecule has 3 amide bonds. The highest BCUT2D eigenvalue weighted by atomic mass is 16.6. The first kappa shape index (κ1) is 25.1. The molecule has 0 radical (unpaired) electrons. The van der Waals surface area contributed by atoms with Crippen LogP contribution in [0.3, 0.4) is 0 Å². The van der Waals surface area contributed by atoms with Gasteiger partial charge in [-0.05, 0) is 48.8 Å². The van der Waals surface area contributed by atoms with E-state index in [0.29, 0.717) is 25.3 Å². The molecule has 0 bridgehead atoms. The number of amides is 3. The first-order chi connectivity index (χ1) is 18.4. The maximum Gasteiger partial charge on any atom is 0.418 e. The molecule has 4 aliphatic rings. The first-order valence-electron chi connectivity index (χ1n) is 13.8. The third kappa shape index (κ3) is 4.71. The third-order valence-corrected chi connectivity index (χ3v) is 8.54. The number of imide groups is 1. The van der Waals surface area contributed by atoms with Gasteiger partial charge in [0.15, 0.2) is 0 Å². The number of aryl methyl sites for hydroxylation is 1. The summed E-state index contributed by atoms with van der Waals surface area (Å²) in [5, 5.41) is 0. The molecule has 2 aromatic carbocycles. The Morgan fingerprint density at radius 2 is 1.84 bits per heavy atom. The summed E-state index contributed by atoms with van der Waals surface area (Å²) in [6.07, 6.45) is 2.53. The minimum atomic E-state index is -1.32. The van der Waals surface area contributed by atoms with Crippen LogP contribution in [0.1, 0.15) is 48.4 Å². The van der Waals surface area contributed by atoms with Crippen LogP contribution in [0, 0.1) is 5.92 Å². The van der Waals surface area contributed by atoms with Crippen LogP contribution in [0.5, 0.6) is 0 Å². The topological polar surface area (TPSA) is 79.4 Å². The Hall–Kier alpha value is -3.23. The zero-order valence-corrected chi connectivity index (χ0v) is 21.9. The average molecular weight is 518 g/mol. The molecule has 0 aromatic heterocycles. The van der Waals surface area contributed by atoms with Crippen molar-refractivity contribution in [3.05, 3.63) is 70.8 Å². The predicted octanol–water partition coefficient (Wildman–Crippen LogP) is 3.47. The normalized spacial score (nSPS) is 24.0. The molecule has 3 fully saturated rings. The molecule has 2 saturated heterocycles. The monoisotopic (exact) mass is 517 g/mol. The van der Waals surface area contributed by atoms with Crippen LogP contribution >= 0.6 is 0 Å². The lowest BCUT2D eigenvalue weighted by atomic mass is 9.94. The molecule has 1 saturated carbocycles. The number of benzene rings is 2. The van der Waals surface area contributed by atoms with Crippen LogP contribution in [0.2, 0.25) is 0 Å². The summed E-state index contributed by atoms with van der Waals surface area (Å²) in [6, 6.07) is 16.0. The van der Waals surface area contributed by atoms with E-state index in [4.69, 9.17) is 9.47 Å². The number of fused-ring (bicyclic) bond motifs is 2. The number of carbonyl (C=O) groups excluding carboxylic acids is 3. The lowest BCUT2D eigenvalue weighted by molar-refractivity contribution is -0.143. The lowest BCUT2D eigenvalue weighted by Crippen LogP contribution is -2.47. The van der Waals surface area contributed by atoms with Crippen LogP contribution in [0.15, 0.2) is 48.5 Å². The van der Waals surface area contributed by atoms with Gasteiger partial charge in [0, 0.05) is 44.2 Å². The summed E-state index contributed by atoms with van der Waals surface area (Å²) in [7, 11) is 0. The minimum Gasteiger partial charge on any atom is -0.427 e. The SMILES string of the molecule is C[C@@H](C1CC1)N(Cc1ccccc1)C(=O)CN1C(=O)OC2(CCc3cc(CN4CCOCC4)ccc32)C1=O. The second-order valence-corrected chi connectivity index (χ2v) is 11.1. The Bertz CT molecular complexity index is 1220. The van der Waals surface area contributed by atoms with Gasteiger partial charge in [0.25, 0.3) is 5.91 Å². The molecule has 2 heterocycles. The number of rotatable bonds is 8. The molecule has 2 aliphatic carbocycles. The number of ether oxygens (including phenoxy) is 2. The van der Waals surface area contributed by atoms with Crippen molar-refractivity contribution in [2.24, 2.45) is 5.92 Å². The largest absolute Gasteiger partial charge is 0.427 e. The molecule has 0 N–H and O–H groups in total. The molecule has 2 atom stereocenters. The minimum absolute atomic E-state index is 0.0440. The molecule has 8 nitrogen and oxygen atoms in total. The maximum absolute atomic E-state index is 13.7. The second kappa shape index (κ2) is 10.2. The molecule has 1 unspecified atom stereocenters. The Kier molecular flexibility index (Phi) is 6.70. The zero-order valence-electron chi connectivity index (χ0n) is 21.9.